The van der Waals surface area contributed by atoms with Gasteiger partial charge in [0.25, 0.3) is 5.91 Å². The Morgan fingerprint density at radius 2 is 1.72 bits per heavy atom. The minimum atomic E-state index is -0.683. The fourth-order valence-electron chi connectivity index (χ4n) is 3.70. The van der Waals surface area contributed by atoms with Crippen LogP contribution in [0.25, 0.3) is 16.9 Å². The van der Waals surface area contributed by atoms with Crippen LogP contribution in [0.5, 0.6) is 0 Å². The highest BCUT2D eigenvalue weighted by Crippen LogP contribution is 2.21. The summed E-state index contributed by atoms with van der Waals surface area (Å²) >= 11 is 0. The van der Waals surface area contributed by atoms with Gasteiger partial charge in [0.05, 0.1) is 11.9 Å². The number of carbonyl (C=O) groups excluding carboxylic acids is 2. The van der Waals surface area contributed by atoms with Crippen LogP contribution in [-0.4, -0.2) is 38.5 Å². The van der Waals surface area contributed by atoms with E-state index in [1.807, 2.05) is 66.7 Å². The van der Waals surface area contributed by atoms with Crippen molar-refractivity contribution in [1.29, 1.82) is 0 Å². The minimum absolute atomic E-state index is 0.167. The molecule has 0 bridgehead atoms. The van der Waals surface area contributed by atoms with Crippen molar-refractivity contribution in [2.45, 2.75) is 31.3 Å². The Bertz CT molecular complexity index is 1250. The molecule has 2 amide bonds. The van der Waals surface area contributed by atoms with Gasteiger partial charge in [-0.05, 0) is 24.5 Å². The number of nitrogens with one attached hydrogen (secondary N) is 2. The molecule has 0 radical (unpaired) electrons. The van der Waals surface area contributed by atoms with E-state index in [4.69, 9.17) is 0 Å². The van der Waals surface area contributed by atoms with Crippen molar-refractivity contribution in [3.8, 4) is 11.3 Å². The normalized spacial score (nSPS) is 14.1. The second-order valence-corrected chi connectivity index (χ2v) is 7.99. The van der Waals surface area contributed by atoms with E-state index in [0.717, 1.165) is 29.7 Å². The zero-order chi connectivity index (χ0) is 21.9. The van der Waals surface area contributed by atoms with Crippen LogP contribution >= 0.6 is 0 Å². The summed E-state index contributed by atoms with van der Waals surface area (Å²) in [4.78, 5) is 30.4. The molecule has 5 rings (SSSR count). The summed E-state index contributed by atoms with van der Waals surface area (Å²) in [7, 11) is 0. The number of aromatic nitrogens is 3. The van der Waals surface area contributed by atoms with Crippen LogP contribution in [0.3, 0.4) is 0 Å². The van der Waals surface area contributed by atoms with Gasteiger partial charge >= 0.3 is 0 Å². The van der Waals surface area contributed by atoms with Crippen molar-refractivity contribution in [3.05, 3.63) is 90.3 Å². The molecule has 1 atom stereocenters. The smallest absolute Gasteiger partial charge is 0.257 e. The van der Waals surface area contributed by atoms with E-state index < -0.39 is 6.04 Å². The summed E-state index contributed by atoms with van der Waals surface area (Å²) in [6.07, 6.45) is 5.54. The zero-order valence-corrected chi connectivity index (χ0v) is 17.4. The molecule has 1 aliphatic carbocycles. The SMILES string of the molecule is O=C(NC(Cc1ccccc1)C(=O)NC1CC1)c1cnn2c(-c3ccccc3)ccnc12. The summed E-state index contributed by atoms with van der Waals surface area (Å²) in [5, 5.41) is 10.3. The lowest BCUT2D eigenvalue weighted by molar-refractivity contribution is -0.123. The summed E-state index contributed by atoms with van der Waals surface area (Å²) in [5.41, 5.74) is 3.57. The monoisotopic (exact) mass is 425 g/mol. The van der Waals surface area contributed by atoms with Gasteiger partial charge in [-0.2, -0.15) is 5.10 Å². The number of rotatable bonds is 7. The van der Waals surface area contributed by atoms with Gasteiger partial charge in [-0.25, -0.2) is 9.50 Å². The third-order valence-electron chi connectivity index (χ3n) is 5.54. The van der Waals surface area contributed by atoms with Crippen molar-refractivity contribution in [1.82, 2.24) is 25.2 Å². The van der Waals surface area contributed by atoms with Crippen LogP contribution in [0.4, 0.5) is 0 Å². The molecule has 2 heterocycles. The fourth-order valence-corrected chi connectivity index (χ4v) is 3.70. The number of hydrogen-bond donors (Lipinski definition) is 2. The molecule has 0 saturated heterocycles. The molecule has 1 saturated carbocycles. The van der Waals surface area contributed by atoms with E-state index in [0.29, 0.717) is 17.6 Å². The Balaban J connectivity index is 1.42. The zero-order valence-electron chi connectivity index (χ0n) is 17.4. The van der Waals surface area contributed by atoms with E-state index in [-0.39, 0.29) is 17.9 Å². The molecule has 2 aromatic carbocycles. The maximum absolute atomic E-state index is 13.2. The number of benzene rings is 2. The molecule has 32 heavy (non-hydrogen) atoms. The minimum Gasteiger partial charge on any atom is -0.352 e. The molecular weight excluding hydrogens is 402 g/mol. The molecule has 1 fully saturated rings. The maximum Gasteiger partial charge on any atom is 0.257 e. The van der Waals surface area contributed by atoms with Crippen LogP contribution in [0, 0.1) is 0 Å². The molecule has 1 unspecified atom stereocenters. The van der Waals surface area contributed by atoms with Gasteiger partial charge < -0.3 is 10.6 Å². The lowest BCUT2D eigenvalue weighted by atomic mass is 10.0. The van der Waals surface area contributed by atoms with Gasteiger partial charge in [0.1, 0.15) is 11.6 Å². The predicted molar refractivity (Wildman–Crippen MR) is 121 cm³/mol. The third kappa shape index (κ3) is 4.23. The van der Waals surface area contributed by atoms with Crippen LogP contribution in [0.2, 0.25) is 0 Å². The molecule has 4 aromatic rings. The Morgan fingerprint density at radius 3 is 2.44 bits per heavy atom. The first-order valence-corrected chi connectivity index (χ1v) is 10.7. The van der Waals surface area contributed by atoms with Crippen molar-refractivity contribution in [2.75, 3.05) is 0 Å². The van der Waals surface area contributed by atoms with Gasteiger partial charge in [-0.15, -0.1) is 0 Å². The van der Waals surface area contributed by atoms with E-state index >= 15 is 0 Å². The average Bonchev–Trinajstić information content (AvgIpc) is 3.53. The van der Waals surface area contributed by atoms with Gasteiger partial charge in [0, 0.05) is 24.2 Å². The Hall–Kier alpha value is -4.00. The Labute approximate surface area is 185 Å². The van der Waals surface area contributed by atoms with E-state index in [1.165, 1.54) is 6.20 Å². The highest BCUT2D eigenvalue weighted by molar-refractivity contribution is 6.02. The van der Waals surface area contributed by atoms with Crippen LogP contribution in [-0.2, 0) is 11.2 Å². The van der Waals surface area contributed by atoms with E-state index in [9.17, 15) is 9.59 Å². The summed E-state index contributed by atoms with van der Waals surface area (Å²) in [6.45, 7) is 0. The van der Waals surface area contributed by atoms with Crippen molar-refractivity contribution >= 4 is 17.5 Å². The summed E-state index contributed by atoms with van der Waals surface area (Å²) < 4.78 is 1.65. The average molecular weight is 425 g/mol. The highest BCUT2D eigenvalue weighted by atomic mass is 16.2. The van der Waals surface area contributed by atoms with Crippen molar-refractivity contribution in [2.24, 2.45) is 0 Å². The molecule has 0 spiro atoms. The standard InChI is InChI=1S/C25H23N5O2/c31-24(29-21(25(32)28-19-11-12-19)15-17-7-3-1-4-8-17)20-16-27-30-22(13-14-26-23(20)30)18-9-5-2-6-10-18/h1-10,13-14,16,19,21H,11-12,15H2,(H,28,32)(H,29,31). The lowest BCUT2D eigenvalue weighted by Gasteiger charge is -2.18. The first kappa shape index (κ1) is 19.9. The third-order valence-corrected chi connectivity index (χ3v) is 5.54. The van der Waals surface area contributed by atoms with Crippen LogP contribution < -0.4 is 10.6 Å². The van der Waals surface area contributed by atoms with Gasteiger partial charge in [-0.3, -0.25) is 9.59 Å². The van der Waals surface area contributed by atoms with E-state index in [2.05, 4.69) is 20.7 Å². The summed E-state index contributed by atoms with van der Waals surface area (Å²) in [6, 6.07) is 20.9. The van der Waals surface area contributed by atoms with Gasteiger partial charge in [0.15, 0.2) is 5.65 Å². The predicted octanol–water partition coefficient (Wildman–Crippen LogP) is 3.02. The number of amides is 2. The second kappa shape index (κ2) is 8.63. The Morgan fingerprint density at radius 1 is 1.00 bits per heavy atom. The van der Waals surface area contributed by atoms with Crippen LogP contribution in [0.1, 0.15) is 28.8 Å². The number of fused-ring (bicyclic) bond motifs is 1. The van der Waals surface area contributed by atoms with Crippen molar-refractivity contribution in [3.63, 3.8) is 0 Å². The van der Waals surface area contributed by atoms with Gasteiger partial charge in [0.2, 0.25) is 5.91 Å². The summed E-state index contributed by atoms with van der Waals surface area (Å²) in [5.74, 6) is -0.538. The van der Waals surface area contributed by atoms with E-state index in [1.54, 1.807) is 10.7 Å². The molecule has 1 aliphatic rings. The Kier molecular flexibility index (Phi) is 5.37. The topological polar surface area (TPSA) is 88.4 Å². The fraction of sp³-hybridized carbons (Fsp3) is 0.200. The van der Waals surface area contributed by atoms with Crippen LogP contribution in [0.15, 0.2) is 79.1 Å². The molecule has 2 N–H and O–H groups in total. The van der Waals surface area contributed by atoms with Crippen molar-refractivity contribution < 1.29 is 9.59 Å². The van der Waals surface area contributed by atoms with Gasteiger partial charge in [-0.1, -0.05) is 60.7 Å². The molecule has 0 aliphatic heterocycles. The second-order valence-electron chi connectivity index (χ2n) is 7.99. The molecule has 160 valence electrons. The largest absolute Gasteiger partial charge is 0.352 e. The lowest BCUT2D eigenvalue weighted by Crippen LogP contribution is -2.48. The number of hydrogen-bond acceptors (Lipinski definition) is 4. The number of carbonyl (C=O) groups is 2. The highest BCUT2D eigenvalue weighted by Gasteiger charge is 2.29. The molecule has 7 heteroatoms. The first-order valence-electron chi connectivity index (χ1n) is 10.7. The first-order chi connectivity index (χ1) is 15.7. The molecule has 2 aromatic heterocycles. The molecule has 7 nitrogen and oxygen atoms in total. The maximum atomic E-state index is 13.2. The quantitative estimate of drug-likeness (QED) is 0.476. The molecular formula is C25H23N5O2. The number of nitrogens with zero attached hydrogens (tertiary/aromatic N) is 3.